The summed E-state index contributed by atoms with van der Waals surface area (Å²) < 4.78 is 17.9. The number of rotatable bonds is 5. The molecule has 6 nitrogen and oxygen atoms in total. The lowest BCUT2D eigenvalue weighted by atomic mass is 9.94. The number of nitrogens with zero attached hydrogens (tertiary/aromatic N) is 1. The molecule has 0 radical (unpaired) electrons. The summed E-state index contributed by atoms with van der Waals surface area (Å²) in [6, 6.07) is 12.2. The Morgan fingerprint density at radius 2 is 1.82 bits per heavy atom. The molecule has 0 saturated carbocycles. The van der Waals surface area contributed by atoms with Gasteiger partial charge in [0.25, 0.3) is 5.91 Å². The monoisotopic (exact) mass is 382 g/mol. The maximum Gasteiger partial charge on any atom is 0.308 e. The van der Waals surface area contributed by atoms with E-state index in [-0.39, 0.29) is 12.3 Å². The smallest absolute Gasteiger partial charge is 0.308 e. The molecule has 1 N–H and O–H groups in total. The van der Waals surface area contributed by atoms with Crippen molar-refractivity contribution in [1.29, 1.82) is 0 Å². The first-order valence-corrected chi connectivity index (χ1v) is 8.71. The van der Waals surface area contributed by atoms with E-state index in [0.29, 0.717) is 5.69 Å². The largest absolute Gasteiger partial charge is 0.455 e. The van der Waals surface area contributed by atoms with Crippen LogP contribution >= 0.6 is 0 Å². The first-order chi connectivity index (χ1) is 13.4. The van der Waals surface area contributed by atoms with E-state index in [1.807, 2.05) is 30.3 Å². The summed E-state index contributed by atoms with van der Waals surface area (Å²) >= 11 is 0. The Balaban J connectivity index is 1.60. The van der Waals surface area contributed by atoms with Gasteiger partial charge < -0.3 is 15.0 Å². The van der Waals surface area contributed by atoms with Crippen molar-refractivity contribution in [2.24, 2.45) is 0 Å². The zero-order valence-corrected chi connectivity index (χ0v) is 15.2. The van der Waals surface area contributed by atoms with Gasteiger partial charge in [-0.05, 0) is 41.5 Å². The zero-order valence-electron chi connectivity index (χ0n) is 15.2. The molecule has 0 aliphatic carbocycles. The molecule has 1 heterocycles. The Hall–Kier alpha value is -3.48. The van der Waals surface area contributed by atoms with Gasteiger partial charge in [-0.15, -0.1) is 0 Å². The molecule has 1 aliphatic heterocycles. The lowest BCUT2D eigenvalue weighted by Gasteiger charge is -2.32. The molecule has 1 aliphatic rings. The Kier molecular flexibility index (Phi) is 5.84. The van der Waals surface area contributed by atoms with Crippen LogP contribution in [0, 0.1) is 5.82 Å². The maximum atomic E-state index is 12.9. The van der Waals surface area contributed by atoms with Crippen LogP contribution in [-0.4, -0.2) is 29.3 Å². The molecular weight excluding hydrogens is 363 g/mol. The van der Waals surface area contributed by atoms with Crippen LogP contribution in [0.1, 0.15) is 30.5 Å². The van der Waals surface area contributed by atoms with Gasteiger partial charge in [-0.25, -0.2) is 4.39 Å². The number of carbonyl (C=O) groups is 3. The molecule has 1 atom stereocenters. The van der Waals surface area contributed by atoms with Crippen molar-refractivity contribution in [3.05, 3.63) is 71.7 Å². The van der Waals surface area contributed by atoms with Gasteiger partial charge in [-0.3, -0.25) is 14.4 Å². The molecule has 0 spiro atoms. The summed E-state index contributed by atoms with van der Waals surface area (Å²) in [6.45, 7) is 0.952. The highest BCUT2D eigenvalue weighted by Crippen LogP contribution is 2.33. The molecule has 2 aromatic carbocycles. The summed E-state index contributed by atoms with van der Waals surface area (Å²) in [6.07, 6.45) is 3.38. The Bertz CT molecular complexity index is 924. The van der Waals surface area contributed by atoms with Gasteiger partial charge in [0.15, 0.2) is 6.61 Å². The summed E-state index contributed by atoms with van der Waals surface area (Å²) in [5, 5.41) is 2.51. The second-order valence-corrected chi connectivity index (χ2v) is 6.31. The highest BCUT2D eigenvalue weighted by atomic mass is 19.1. The topological polar surface area (TPSA) is 75.7 Å². The van der Waals surface area contributed by atoms with E-state index in [1.54, 1.807) is 6.20 Å². The van der Waals surface area contributed by atoms with Gasteiger partial charge in [0.05, 0.1) is 12.5 Å². The van der Waals surface area contributed by atoms with Crippen LogP contribution in [0.15, 0.2) is 54.7 Å². The van der Waals surface area contributed by atoms with Crippen LogP contribution in [0.5, 0.6) is 0 Å². The normalized spacial score (nSPS) is 14.9. The van der Waals surface area contributed by atoms with Gasteiger partial charge in [0.1, 0.15) is 5.82 Å². The van der Waals surface area contributed by atoms with Crippen molar-refractivity contribution >= 4 is 29.5 Å². The molecule has 2 amide bonds. The van der Waals surface area contributed by atoms with Crippen molar-refractivity contribution in [2.45, 2.75) is 19.4 Å². The van der Waals surface area contributed by atoms with Crippen molar-refractivity contribution in [3.8, 4) is 0 Å². The average Bonchev–Trinajstić information content (AvgIpc) is 2.68. The van der Waals surface area contributed by atoms with E-state index in [9.17, 15) is 18.8 Å². The van der Waals surface area contributed by atoms with Crippen molar-refractivity contribution < 1.29 is 23.5 Å². The lowest BCUT2D eigenvalue weighted by Crippen LogP contribution is -2.33. The number of ether oxygens (including phenoxy) is 1. The van der Waals surface area contributed by atoms with Crippen molar-refractivity contribution in [3.63, 3.8) is 0 Å². The van der Waals surface area contributed by atoms with E-state index in [1.165, 1.54) is 36.1 Å². The molecule has 28 heavy (non-hydrogen) atoms. The average molecular weight is 382 g/mol. The van der Waals surface area contributed by atoms with Gasteiger partial charge >= 0.3 is 5.97 Å². The first kappa shape index (κ1) is 19.3. The van der Waals surface area contributed by atoms with Gasteiger partial charge in [0, 0.05) is 18.8 Å². The zero-order chi connectivity index (χ0) is 20.1. The maximum absolute atomic E-state index is 12.9. The predicted octanol–water partition coefficient (Wildman–Crippen LogP) is 3.27. The Morgan fingerprint density at radius 3 is 2.54 bits per heavy atom. The molecule has 0 unspecified atom stereocenters. The van der Waals surface area contributed by atoms with Crippen molar-refractivity contribution in [1.82, 2.24) is 4.90 Å². The fourth-order valence-electron chi connectivity index (χ4n) is 3.01. The Morgan fingerprint density at radius 1 is 1.11 bits per heavy atom. The number of hydrogen-bond acceptors (Lipinski definition) is 4. The number of benzene rings is 2. The number of fused-ring (bicyclic) bond motifs is 1. The third kappa shape index (κ3) is 4.62. The van der Waals surface area contributed by atoms with E-state index < -0.39 is 30.3 Å². The van der Waals surface area contributed by atoms with Gasteiger partial charge in [0.2, 0.25) is 5.91 Å². The summed E-state index contributed by atoms with van der Waals surface area (Å²) in [4.78, 5) is 37.6. The number of esters is 1. The Labute approximate surface area is 161 Å². The second kappa shape index (κ2) is 8.47. The highest BCUT2D eigenvalue weighted by molar-refractivity contribution is 5.92. The number of amides is 2. The molecule has 3 rings (SSSR count). The van der Waals surface area contributed by atoms with Crippen LogP contribution in [-0.2, 0) is 19.1 Å². The third-order valence-corrected chi connectivity index (χ3v) is 4.32. The SMILES string of the molecule is CC(=O)N1C=Cc2ccccc2[C@H]1CC(=O)OCC(=O)Nc1ccc(F)cc1. The molecule has 2 aromatic rings. The fraction of sp³-hybridized carbons (Fsp3) is 0.190. The first-order valence-electron chi connectivity index (χ1n) is 8.71. The summed E-state index contributed by atoms with van der Waals surface area (Å²) in [5.74, 6) is -1.75. The molecule has 7 heteroatoms. The van der Waals surface area contributed by atoms with Crippen LogP contribution in [0.4, 0.5) is 10.1 Å². The third-order valence-electron chi connectivity index (χ3n) is 4.32. The van der Waals surface area contributed by atoms with Crippen LogP contribution in [0.25, 0.3) is 6.08 Å². The fourth-order valence-corrected chi connectivity index (χ4v) is 3.01. The van der Waals surface area contributed by atoms with Gasteiger partial charge in [-0.2, -0.15) is 0 Å². The summed E-state index contributed by atoms with van der Waals surface area (Å²) in [5.41, 5.74) is 2.16. The minimum atomic E-state index is -0.601. The highest BCUT2D eigenvalue weighted by Gasteiger charge is 2.28. The minimum Gasteiger partial charge on any atom is -0.455 e. The minimum absolute atomic E-state index is 0.0786. The number of hydrogen-bond donors (Lipinski definition) is 1. The van der Waals surface area contributed by atoms with Crippen LogP contribution in [0.2, 0.25) is 0 Å². The van der Waals surface area contributed by atoms with E-state index in [0.717, 1.165) is 11.1 Å². The molecule has 0 saturated heterocycles. The second-order valence-electron chi connectivity index (χ2n) is 6.31. The van der Waals surface area contributed by atoms with Crippen molar-refractivity contribution in [2.75, 3.05) is 11.9 Å². The number of carbonyl (C=O) groups excluding carboxylic acids is 3. The molecule has 0 fully saturated rings. The van der Waals surface area contributed by atoms with Gasteiger partial charge in [-0.1, -0.05) is 24.3 Å². The standard InChI is InChI=1S/C21H19FN2O4/c1-14(25)24-11-10-15-4-2-3-5-18(15)19(24)12-21(27)28-13-20(26)23-17-8-6-16(22)7-9-17/h2-11,19H,12-13H2,1H3,(H,23,26)/t19-/m1/s1. The number of anilines is 1. The predicted molar refractivity (Wildman–Crippen MR) is 101 cm³/mol. The molecule has 0 aromatic heterocycles. The van der Waals surface area contributed by atoms with E-state index in [4.69, 9.17) is 4.74 Å². The summed E-state index contributed by atoms with van der Waals surface area (Å²) in [7, 11) is 0. The molecular formula is C21H19FN2O4. The number of halogens is 1. The van der Waals surface area contributed by atoms with Crippen LogP contribution in [0.3, 0.4) is 0 Å². The lowest BCUT2D eigenvalue weighted by molar-refractivity contribution is -0.149. The van der Waals surface area contributed by atoms with Crippen LogP contribution < -0.4 is 5.32 Å². The van der Waals surface area contributed by atoms with E-state index >= 15 is 0 Å². The molecule has 144 valence electrons. The molecule has 0 bridgehead atoms. The number of nitrogens with one attached hydrogen (secondary N) is 1. The quantitative estimate of drug-likeness (QED) is 0.806. The van der Waals surface area contributed by atoms with E-state index in [2.05, 4.69) is 5.32 Å².